The van der Waals surface area contributed by atoms with Gasteiger partial charge in [0.25, 0.3) is 0 Å². The Bertz CT molecular complexity index is 207. The number of nitrogens with two attached hydrogens (primary N) is 1. The highest BCUT2D eigenvalue weighted by Crippen LogP contribution is 2.21. The standard InChI is InChI=1S/C7H10ClNS/c1-5(9)4-6-2-3-7(8)10-6/h2-3,5H,4,9H2,1H3. The fourth-order valence-electron chi connectivity index (χ4n) is 0.779. The minimum absolute atomic E-state index is 0.231. The molecule has 0 aromatic carbocycles. The third kappa shape index (κ3) is 2.29. The van der Waals surface area contributed by atoms with Crippen LogP contribution in [0.2, 0.25) is 4.34 Å². The van der Waals surface area contributed by atoms with Gasteiger partial charge in [0.15, 0.2) is 0 Å². The van der Waals surface area contributed by atoms with Gasteiger partial charge in [-0.1, -0.05) is 11.6 Å². The molecule has 56 valence electrons. The van der Waals surface area contributed by atoms with E-state index in [0.29, 0.717) is 0 Å². The topological polar surface area (TPSA) is 26.0 Å². The molecule has 0 spiro atoms. The van der Waals surface area contributed by atoms with Crippen LogP contribution in [0.4, 0.5) is 0 Å². The average Bonchev–Trinajstić information content (AvgIpc) is 2.13. The molecule has 1 heterocycles. The zero-order valence-corrected chi connectivity index (χ0v) is 7.38. The highest BCUT2D eigenvalue weighted by atomic mass is 35.5. The number of thiophene rings is 1. The maximum absolute atomic E-state index is 5.72. The molecular formula is C7H10ClNS. The Kier molecular flexibility index (Phi) is 2.72. The molecule has 0 aliphatic carbocycles. The van der Waals surface area contributed by atoms with Crippen molar-refractivity contribution in [2.75, 3.05) is 0 Å². The van der Waals surface area contributed by atoms with E-state index in [9.17, 15) is 0 Å². The van der Waals surface area contributed by atoms with Crippen LogP contribution in [0.3, 0.4) is 0 Å². The second-order valence-electron chi connectivity index (χ2n) is 2.39. The van der Waals surface area contributed by atoms with E-state index in [1.807, 2.05) is 19.1 Å². The van der Waals surface area contributed by atoms with Crippen molar-refractivity contribution >= 4 is 22.9 Å². The Morgan fingerprint density at radius 3 is 2.80 bits per heavy atom. The van der Waals surface area contributed by atoms with Crippen LogP contribution in [0.1, 0.15) is 11.8 Å². The number of hydrogen-bond acceptors (Lipinski definition) is 2. The van der Waals surface area contributed by atoms with Gasteiger partial charge in [-0.25, -0.2) is 0 Å². The lowest BCUT2D eigenvalue weighted by molar-refractivity contribution is 0.746. The van der Waals surface area contributed by atoms with Gasteiger partial charge in [-0.3, -0.25) is 0 Å². The summed E-state index contributed by atoms with van der Waals surface area (Å²) in [5.74, 6) is 0. The van der Waals surface area contributed by atoms with E-state index in [1.54, 1.807) is 11.3 Å². The van der Waals surface area contributed by atoms with Crippen LogP contribution in [0.25, 0.3) is 0 Å². The van der Waals surface area contributed by atoms with Crippen LogP contribution in [-0.4, -0.2) is 6.04 Å². The summed E-state index contributed by atoms with van der Waals surface area (Å²) in [4.78, 5) is 1.26. The molecule has 10 heavy (non-hydrogen) atoms. The van der Waals surface area contributed by atoms with Crippen LogP contribution in [0.15, 0.2) is 12.1 Å². The summed E-state index contributed by atoms with van der Waals surface area (Å²) in [6.45, 7) is 1.99. The van der Waals surface area contributed by atoms with E-state index in [-0.39, 0.29) is 6.04 Å². The van der Waals surface area contributed by atoms with Crippen LogP contribution in [0, 0.1) is 0 Å². The first-order valence-electron chi connectivity index (χ1n) is 3.18. The molecule has 3 heteroatoms. The molecule has 2 N–H and O–H groups in total. The van der Waals surface area contributed by atoms with Gasteiger partial charge < -0.3 is 5.73 Å². The van der Waals surface area contributed by atoms with Crippen molar-refractivity contribution in [3.05, 3.63) is 21.3 Å². The van der Waals surface area contributed by atoms with Crippen molar-refractivity contribution < 1.29 is 0 Å². The molecule has 0 amide bonds. The first-order chi connectivity index (χ1) is 4.68. The summed E-state index contributed by atoms with van der Waals surface area (Å²) in [7, 11) is 0. The van der Waals surface area contributed by atoms with Crippen LogP contribution in [0.5, 0.6) is 0 Å². The van der Waals surface area contributed by atoms with Crippen LogP contribution >= 0.6 is 22.9 Å². The minimum atomic E-state index is 0.231. The number of rotatable bonds is 2. The molecular weight excluding hydrogens is 166 g/mol. The van der Waals surface area contributed by atoms with Gasteiger partial charge in [-0.2, -0.15) is 0 Å². The summed E-state index contributed by atoms with van der Waals surface area (Å²) in [5, 5.41) is 0. The Morgan fingerprint density at radius 1 is 1.70 bits per heavy atom. The molecule has 0 aliphatic rings. The van der Waals surface area contributed by atoms with Crippen molar-refractivity contribution in [3.8, 4) is 0 Å². The second-order valence-corrected chi connectivity index (χ2v) is 4.19. The number of halogens is 1. The van der Waals surface area contributed by atoms with Gasteiger partial charge in [0.2, 0.25) is 0 Å². The van der Waals surface area contributed by atoms with Crippen molar-refractivity contribution in [1.82, 2.24) is 0 Å². The van der Waals surface area contributed by atoms with Crippen molar-refractivity contribution in [3.63, 3.8) is 0 Å². The minimum Gasteiger partial charge on any atom is -0.328 e. The summed E-state index contributed by atoms with van der Waals surface area (Å²) < 4.78 is 0.843. The third-order valence-electron chi connectivity index (χ3n) is 1.15. The second kappa shape index (κ2) is 3.37. The van der Waals surface area contributed by atoms with E-state index in [1.165, 1.54) is 4.88 Å². The Labute approximate surface area is 69.8 Å². The Morgan fingerprint density at radius 2 is 2.40 bits per heavy atom. The highest BCUT2D eigenvalue weighted by molar-refractivity contribution is 7.16. The fraction of sp³-hybridized carbons (Fsp3) is 0.429. The molecule has 0 bridgehead atoms. The van der Waals surface area contributed by atoms with E-state index < -0.39 is 0 Å². The zero-order valence-electron chi connectivity index (χ0n) is 5.80. The van der Waals surface area contributed by atoms with Crippen molar-refractivity contribution in [1.29, 1.82) is 0 Å². The molecule has 1 atom stereocenters. The molecule has 1 rings (SSSR count). The lowest BCUT2D eigenvalue weighted by Gasteiger charge is -1.99. The monoisotopic (exact) mass is 175 g/mol. The SMILES string of the molecule is CC(N)Cc1ccc(Cl)s1. The average molecular weight is 176 g/mol. The van der Waals surface area contributed by atoms with Crippen LogP contribution in [-0.2, 0) is 6.42 Å². The van der Waals surface area contributed by atoms with Gasteiger partial charge in [0.1, 0.15) is 0 Å². The molecule has 1 unspecified atom stereocenters. The summed E-state index contributed by atoms with van der Waals surface area (Å²) >= 11 is 7.32. The van der Waals surface area contributed by atoms with Crippen molar-refractivity contribution in [2.45, 2.75) is 19.4 Å². The summed E-state index contributed by atoms with van der Waals surface area (Å²) in [5.41, 5.74) is 5.60. The molecule has 1 nitrogen and oxygen atoms in total. The van der Waals surface area contributed by atoms with Gasteiger partial charge in [-0.15, -0.1) is 11.3 Å². The maximum Gasteiger partial charge on any atom is 0.0931 e. The molecule has 0 fully saturated rings. The smallest absolute Gasteiger partial charge is 0.0931 e. The van der Waals surface area contributed by atoms with E-state index in [0.717, 1.165) is 10.8 Å². The Balaban J connectivity index is 2.58. The third-order valence-corrected chi connectivity index (χ3v) is 2.41. The van der Waals surface area contributed by atoms with E-state index in [4.69, 9.17) is 17.3 Å². The lowest BCUT2D eigenvalue weighted by Crippen LogP contribution is -2.16. The van der Waals surface area contributed by atoms with Crippen molar-refractivity contribution in [2.24, 2.45) is 5.73 Å². The van der Waals surface area contributed by atoms with Crippen LogP contribution < -0.4 is 5.73 Å². The fourth-order valence-corrected chi connectivity index (χ4v) is 2.01. The van der Waals surface area contributed by atoms with E-state index in [2.05, 4.69) is 0 Å². The normalized spacial score (nSPS) is 13.5. The summed E-state index contributed by atoms with van der Waals surface area (Å²) in [6, 6.07) is 4.16. The molecule has 1 aromatic rings. The maximum atomic E-state index is 5.72. The van der Waals surface area contributed by atoms with Gasteiger partial charge in [0, 0.05) is 10.9 Å². The largest absolute Gasteiger partial charge is 0.328 e. The predicted octanol–water partition coefficient (Wildman–Crippen LogP) is 2.29. The van der Waals surface area contributed by atoms with Gasteiger partial charge in [0.05, 0.1) is 4.34 Å². The molecule has 1 aromatic heterocycles. The first kappa shape index (κ1) is 8.05. The predicted molar refractivity (Wildman–Crippen MR) is 46.7 cm³/mol. The molecule has 0 saturated heterocycles. The summed E-state index contributed by atoms with van der Waals surface area (Å²) in [6.07, 6.45) is 0.928. The number of hydrogen-bond donors (Lipinski definition) is 1. The van der Waals surface area contributed by atoms with E-state index >= 15 is 0 Å². The zero-order chi connectivity index (χ0) is 7.56. The molecule has 0 radical (unpaired) electrons. The Hall–Kier alpha value is -0.0500. The highest BCUT2D eigenvalue weighted by Gasteiger charge is 1.99. The quantitative estimate of drug-likeness (QED) is 0.734. The first-order valence-corrected chi connectivity index (χ1v) is 4.37. The van der Waals surface area contributed by atoms with Gasteiger partial charge >= 0.3 is 0 Å². The van der Waals surface area contributed by atoms with Gasteiger partial charge in [-0.05, 0) is 25.5 Å². The molecule has 0 saturated carbocycles. The molecule has 0 aliphatic heterocycles. The lowest BCUT2D eigenvalue weighted by atomic mass is 10.2.